The van der Waals surface area contributed by atoms with Crippen molar-refractivity contribution < 1.29 is 0 Å². The maximum Gasteiger partial charge on any atom is 0.0291 e. The molecule has 1 aromatic carbocycles. The Morgan fingerprint density at radius 1 is 0.944 bits per heavy atom. The zero-order valence-corrected chi connectivity index (χ0v) is 12.3. The first kappa shape index (κ1) is 15.2. The molecule has 1 nitrogen and oxygen atoms in total. The predicted molar refractivity (Wildman–Crippen MR) is 81.0 cm³/mol. The van der Waals surface area contributed by atoms with Crippen LogP contribution >= 0.6 is 0 Å². The fraction of sp³-hybridized carbons (Fsp3) is 0.647. The highest BCUT2D eigenvalue weighted by atomic mass is 14.9. The largest absolute Gasteiger partial charge is 0.310 e. The summed E-state index contributed by atoms with van der Waals surface area (Å²) in [4.78, 5) is 0. The summed E-state index contributed by atoms with van der Waals surface area (Å²) in [7, 11) is 0. The van der Waals surface area contributed by atoms with Crippen LogP contribution in [0.3, 0.4) is 0 Å². The molecule has 0 aliphatic heterocycles. The lowest BCUT2D eigenvalue weighted by molar-refractivity contribution is 0.536. The summed E-state index contributed by atoms with van der Waals surface area (Å²) in [5.41, 5.74) is 2.86. The minimum Gasteiger partial charge on any atom is -0.310 e. The molecule has 1 aromatic rings. The molecule has 1 atom stereocenters. The molecule has 0 aromatic heterocycles. The molecule has 102 valence electrons. The molecule has 1 N–H and O–H groups in total. The van der Waals surface area contributed by atoms with Gasteiger partial charge < -0.3 is 5.32 Å². The van der Waals surface area contributed by atoms with Crippen molar-refractivity contribution in [2.75, 3.05) is 6.54 Å². The Morgan fingerprint density at radius 3 is 2.28 bits per heavy atom. The fourth-order valence-electron chi connectivity index (χ4n) is 2.25. The Kier molecular flexibility index (Phi) is 7.75. The third kappa shape index (κ3) is 5.68. The lowest BCUT2D eigenvalue weighted by Crippen LogP contribution is -2.19. The van der Waals surface area contributed by atoms with Crippen LogP contribution < -0.4 is 5.32 Å². The van der Waals surface area contributed by atoms with E-state index >= 15 is 0 Å². The van der Waals surface area contributed by atoms with Crippen LogP contribution in [-0.4, -0.2) is 6.54 Å². The van der Waals surface area contributed by atoms with E-state index in [0.717, 1.165) is 6.54 Å². The van der Waals surface area contributed by atoms with Gasteiger partial charge in [-0.25, -0.2) is 0 Å². The normalized spacial score (nSPS) is 12.6. The van der Waals surface area contributed by atoms with Crippen LogP contribution in [0.5, 0.6) is 0 Å². The third-order valence-corrected chi connectivity index (χ3v) is 3.50. The standard InChI is InChI=1S/C17H29N/c1-4-6-7-8-14-18-15(3)17-12-10-16(9-5-2)11-13-17/h10-13,15,18H,4-9,14H2,1-3H3. The van der Waals surface area contributed by atoms with E-state index in [-0.39, 0.29) is 0 Å². The van der Waals surface area contributed by atoms with Crippen molar-refractivity contribution in [2.45, 2.75) is 65.3 Å². The molecule has 0 spiro atoms. The summed E-state index contributed by atoms with van der Waals surface area (Å²) in [6.07, 6.45) is 7.75. The Hall–Kier alpha value is -0.820. The van der Waals surface area contributed by atoms with Crippen LogP contribution in [0, 0.1) is 0 Å². The van der Waals surface area contributed by atoms with Crippen molar-refractivity contribution in [3.05, 3.63) is 35.4 Å². The molecule has 0 saturated carbocycles. The molecule has 1 rings (SSSR count). The summed E-state index contributed by atoms with van der Waals surface area (Å²) in [6, 6.07) is 9.56. The number of hydrogen-bond acceptors (Lipinski definition) is 1. The maximum absolute atomic E-state index is 3.61. The topological polar surface area (TPSA) is 12.0 Å². The monoisotopic (exact) mass is 247 g/mol. The van der Waals surface area contributed by atoms with Gasteiger partial charge in [-0.1, -0.05) is 63.8 Å². The lowest BCUT2D eigenvalue weighted by Gasteiger charge is -2.14. The second kappa shape index (κ2) is 9.16. The number of rotatable bonds is 9. The fourth-order valence-corrected chi connectivity index (χ4v) is 2.25. The average molecular weight is 247 g/mol. The third-order valence-electron chi connectivity index (χ3n) is 3.50. The minimum absolute atomic E-state index is 0.474. The van der Waals surface area contributed by atoms with Crippen LogP contribution in [0.15, 0.2) is 24.3 Å². The number of benzene rings is 1. The van der Waals surface area contributed by atoms with Gasteiger partial charge in [0.2, 0.25) is 0 Å². The Balaban J connectivity index is 2.30. The number of hydrogen-bond donors (Lipinski definition) is 1. The number of nitrogens with one attached hydrogen (secondary N) is 1. The smallest absolute Gasteiger partial charge is 0.0291 e. The lowest BCUT2D eigenvalue weighted by atomic mass is 10.0. The van der Waals surface area contributed by atoms with Gasteiger partial charge in [-0.15, -0.1) is 0 Å². The summed E-state index contributed by atoms with van der Waals surface area (Å²) >= 11 is 0. The van der Waals surface area contributed by atoms with Gasteiger partial charge in [0, 0.05) is 6.04 Å². The van der Waals surface area contributed by atoms with Crippen molar-refractivity contribution in [1.82, 2.24) is 5.32 Å². The molecule has 0 bridgehead atoms. The van der Waals surface area contributed by atoms with Gasteiger partial charge in [-0.3, -0.25) is 0 Å². The van der Waals surface area contributed by atoms with Gasteiger partial charge >= 0.3 is 0 Å². The van der Waals surface area contributed by atoms with Crippen molar-refractivity contribution in [3.63, 3.8) is 0 Å². The van der Waals surface area contributed by atoms with E-state index in [1.807, 2.05) is 0 Å². The highest BCUT2D eigenvalue weighted by Gasteiger charge is 2.03. The maximum atomic E-state index is 3.61. The van der Waals surface area contributed by atoms with Crippen molar-refractivity contribution in [2.24, 2.45) is 0 Å². The number of unbranched alkanes of at least 4 members (excludes halogenated alkanes) is 3. The Bertz CT molecular complexity index is 302. The Labute approximate surface area is 113 Å². The first-order valence-electron chi connectivity index (χ1n) is 7.60. The molecule has 0 heterocycles. The second-order valence-corrected chi connectivity index (χ2v) is 5.23. The van der Waals surface area contributed by atoms with Gasteiger partial charge in [0.15, 0.2) is 0 Å². The van der Waals surface area contributed by atoms with Gasteiger partial charge in [-0.05, 0) is 37.4 Å². The molecule has 0 amide bonds. The molecular formula is C17H29N. The van der Waals surface area contributed by atoms with E-state index in [0.29, 0.717) is 6.04 Å². The predicted octanol–water partition coefficient (Wildman–Crippen LogP) is 4.87. The zero-order chi connectivity index (χ0) is 13.2. The van der Waals surface area contributed by atoms with E-state index in [2.05, 4.69) is 50.4 Å². The molecule has 0 aliphatic carbocycles. The zero-order valence-electron chi connectivity index (χ0n) is 12.3. The molecule has 1 heteroatoms. The van der Waals surface area contributed by atoms with E-state index in [1.54, 1.807) is 0 Å². The average Bonchev–Trinajstić information content (AvgIpc) is 2.39. The quantitative estimate of drug-likeness (QED) is 0.614. The van der Waals surface area contributed by atoms with Crippen molar-refractivity contribution >= 4 is 0 Å². The highest BCUT2D eigenvalue weighted by Crippen LogP contribution is 2.14. The van der Waals surface area contributed by atoms with Crippen LogP contribution in [0.2, 0.25) is 0 Å². The van der Waals surface area contributed by atoms with Crippen molar-refractivity contribution in [3.8, 4) is 0 Å². The van der Waals surface area contributed by atoms with Crippen LogP contribution in [-0.2, 0) is 6.42 Å². The summed E-state index contributed by atoms with van der Waals surface area (Å²) in [5, 5.41) is 3.61. The second-order valence-electron chi connectivity index (χ2n) is 5.23. The highest BCUT2D eigenvalue weighted by molar-refractivity contribution is 5.24. The molecule has 1 unspecified atom stereocenters. The van der Waals surface area contributed by atoms with E-state index < -0.39 is 0 Å². The number of aryl methyl sites for hydroxylation is 1. The van der Waals surface area contributed by atoms with E-state index in [1.165, 1.54) is 49.7 Å². The van der Waals surface area contributed by atoms with Crippen LogP contribution in [0.4, 0.5) is 0 Å². The summed E-state index contributed by atoms with van der Waals surface area (Å²) in [5.74, 6) is 0. The molecular weight excluding hydrogens is 218 g/mol. The molecule has 0 aliphatic rings. The van der Waals surface area contributed by atoms with E-state index in [9.17, 15) is 0 Å². The van der Waals surface area contributed by atoms with Crippen molar-refractivity contribution in [1.29, 1.82) is 0 Å². The minimum atomic E-state index is 0.474. The van der Waals surface area contributed by atoms with Gasteiger partial charge in [0.05, 0.1) is 0 Å². The van der Waals surface area contributed by atoms with Gasteiger partial charge in [-0.2, -0.15) is 0 Å². The molecule has 0 radical (unpaired) electrons. The van der Waals surface area contributed by atoms with E-state index in [4.69, 9.17) is 0 Å². The van der Waals surface area contributed by atoms with Crippen LogP contribution in [0.25, 0.3) is 0 Å². The van der Waals surface area contributed by atoms with Crippen LogP contribution in [0.1, 0.15) is 70.0 Å². The first-order chi connectivity index (χ1) is 8.77. The molecule has 0 fully saturated rings. The summed E-state index contributed by atoms with van der Waals surface area (Å²) < 4.78 is 0. The SMILES string of the molecule is CCCCCCNC(C)c1ccc(CCC)cc1. The molecule has 0 saturated heterocycles. The first-order valence-corrected chi connectivity index (χ1v) is 7.60. The summed E-state index contributed by atoms with van der Waals surface area (Å²) in [6.45, 7) is 7.88. The van der Waals surface area contributed by atoms with Gasteiger partial charge in [0.1, 0.15) is 0 Å². The molecule has 18 heavy (non-hydrogen) atoms. The Morgan fingerprint density at radius 2 is 1.67 bits per heavy atom. The van der Waals surface area contributed by atoms with Gasteiger partial charge in [0.25, 0.3) is 0 Å².